The minimum atomic E-state index is 0.652. The molecule has 2 atom stereocenters. The molecular formula is C14H21N. The molecule has 1 heteroatoms. The second-order valence-electron chi connectivity index (χ2n) is 4.84. The molecule has 1 nitrogen and oxygen atoms in total. The number of benzene rings is 1. The van der Waals surface area contributed by atoms with Gasteiger partial charge in [0.25, 0.3) is 0 Å². The quantitative estimate of drug-likeness (QED) is 0.738. The molecule has 0 aromatic heterocycles. The van der Waals surface area contributed by atoms with Crippen LogP contribution in [0.2, 0.25) is 0 Å². The highest BCUT2D eigenvalue weighted by Gasteiger charge is 2.25. The van der Waals surface area contributed by atoms with Gasteiger partial charge in [-0.05, 0) is 42.9 Å². The van der Waals surface area contributed by atoms with Crippen molar-refractivity contribution in [1.82, 2.24) is 5.32 Å². The van der Waals surface area contributed by atoms with Gasteiger partial charge in [0.15, 0.2) is 0 Å². The Labute approximate surface area is 92.9 Å². The molecule has 0 radical (unpaired) electrons. The molecule has 1 heterocycles. The van der Waals surface area contributed by atoms with Crippen LogP contribution in [0.25, 0.3) is 0 Å². The first-order valence-electron chi connectivity index (χ1n) is 5.97. The van der Waals surface area contributed by atoms with E-state index in [4.69, 9.17) is 0 Å². The molecule has 15 heavy (non-hydrogen) atoms. The van der Waals surface area contributed by atoms with Crippen LogP contribution >= 0.6 is 0 Å². The Balaban J connectivity index is 2.47. The Bertz CT molecular complexity index is 368. The first kappa shape index (κ1) is 10.7. The highest BCUT2D eigenvalue weighted by Crippen LogP contribution is 2.32. The summed E-state index contributed by atoms with van der Waals surface area (Å²) >= 11 is 0. The second kappa shape index (κ2) is 3.97. The predicted octanol–water partition coefficient (Wildman–Crippen LogP) is 3.29. The maximum absolute atomic E-state index is 3.63. The van der Waals surface area contributed by atoms with Crippen LogP contribution in [0.1, 0.15) is 48.4 Å². The minimum Gasteiger partial charge on any atom is -0.309 e. The number of nitrogens with one attached hydrogen (secondary N) is 1. The summed E-state index contributed by atoms with van der Waals surface area (Å²) < 4.78 is 0. The van der Waals surface area contributed by atoms with Crippen LogP contribution in [0.3, 0.4) is 0 Å². The van der Waals surface area contributed by atoms with E-state index in [0.717, 1.165) is 6.54 Å². The fourth-order valence-electron chi connectivity index (χ4n) is 2.98. The SMILES string of the molecule is CCC1NCc2cc(C)cc(C)c2C1C. The van der Waals surface area contributed by atoms with Crippen LogP contribution in [-0.2, 0) is 6.54 Å². The number of aryl methyl sites for hydroxylation is 2. The smallest absolute Gasteiger partial charge is 0.0211 e. The van der Waals surface area contributed by atoms with Gasteiger partial charge in [0.05, 0.1) is 0 Å². The molecule has 0 saturated heterocycles. The van der Waals surface area contributed by atoms with Gasteiger partial charge < -0.3 is 5.32 Å². The summed E-state index contributed by atoms with van der Waals surface area (Å²) in [6.45, 7) is 10.1. The van der Waals surface area contributed by atoms with E-state index in [2.05, 4.69) is 45.1 Å². The highest BCUT2D eigenvalue weighted by molar-refractivity contribution is 5.42. The van der Waals surface area contributed by atoms with E-state index in [1.54, 1.807) is 5.56 Å². The van der Waals surface area contributed by atoms with Gasteiger partial charge in [0, 0.05) is 12.6 Å². The summed E-state index contributed by atoms with van der Waals surface area (Å²) in [6, 6.07) is 5.30. The molecule has 0 saturated carbocycles. The lowest BCUT2D eigenvalue weighted by Crippen LogP contribution is -2.38. The Hall–Kier alpha value is -0.820. The van der Waals surface area contributed by atoms with Gasteiger partial charge in [-0.3, -0.25) is 0 Å². The van der Waals surface area contributed by atoms with Crippen molar-refractivity contribution < 1.29 is 0 Å². The molecule has 0 amide bonds. The Morgan fingerprint density at radius 1 is 1.33 bits per heavy atom. The molecule has 2 unspecified atom stereocenters. The lowest BCUT2D eigenvalue weighted by Gasteiger charge is -2.33. The van der Waals surface area contributed by atoms with E-state index in [-0.39, 0.29) is 0 Å². The van der Waals surface area contributed by atoms with Crippen molar-refractivity contribution in [2.75, 3.05) is 0 Å². The van der Waals surface area contributed by atoms with E-state index in [1.807, 2.05) is 0 Å². The molecule has 2 rings (SSSR count). The maximum Gasteiger partial charge on any atom is 0.0211 e. The summed E-state index contributed by atoms with van der Waals surface area (Å²) in [6.07, 6.45) is 1.22. The standard InChI is InChI=1S/C14H21N/c1-5-13-11(4)14-10(3)6-9(2)7-12(14)8-15-13/h6-7,11,13,15H,5,8H2,1-4H3. The van der Waals surface area contributed by atoms with Crippen LogP contribution in [-0.4, -0.2) is 6.04 Å². The van der Waals surface area contributed by atoms with E-state index >= 15 is 0 Å². The fourth-order valence-corrected chi connectivity index (χ4v) is 2.98. The molecule has 0 fully saturated rings. The molecule has 1 aliphatic rings. The van der Waals surface area contributed by atoms with Gasteiger partial charge in [0.1, 0.15) is 0 Å². The van der Waals surface area contributed by atoms with Crippen molar-refractivity contribution in [2.45, 2.75) is 52.6 Å². The van der Waals surface area contributed by atoms with E-state index in [1.165, 1.54) is 23.1 Å². The number of fused-ring (bicyclic) bond motifs is 1. The summed E-state index contributed by atoms with van der Waals surface area (Å²) in [5, 5.41) is 3.63. The third-order valence-electron chi connectivity index (χ3n) is 3.67. The Kier molecular flexibility index (Phi) is 2.83. The van der Waals surface area contributed by atoms with Gasteiger partial charge in [-0.25, -0.2) is 0 Å². The van der Waals surface area contributed by atoms with Crippen molar-refractivity contribution in [2.24, 2.45) is 0 Å². The molecule has 0 aliphatic carbocycles. The maximum atomic E-state index is 3.63. The van der Waals surface area contributed by atoms with Crippen LogP contribution < -0.4 is 5.32 Å². The largest absolute Gasteiger partial charge is 0.309 e. The second-order valence-corrected chi connectivity index (χ2v) is 4.84. The minimum absolute atomic E-state index is 0.652. The molecule has 82 valence electrons. The van der Waals surface area contributed by atoms with Crippen molar-refractivity contribution >= 4 is 0 Å². The number of hydrogen-bond acceptors (Lipinski definition) is 1. The average molecular weight is 203 g/mol. The zero-order chi connectivity index (χ0) is 11.0. The summed E-state index contributed by atoms with van der Waals surface area (Å²) in [4.78, 5) is 0. The average Bonchev–Trinajstić information content (AvgIpc) is 2.17. The highest BCUT2D eigenvalue weighted by atomic mass is 14.9. The number of hydrogen-bond donors (Lipinski definition) is 1. The monoisotopic (exact) mass is 203 g/mol. The first-order valence-corrected chi connectivity index (χ1v) is 5.97. The zero-order valence-corrected chi connectivity index (χ0v) is 10.2. The van der Waals surface area contributed by atoms with Gasteiger partial charge >= 0.3 is 0 Å². The fraction of sp³-hybridized carbons (Fsp3) is 0.571. The third-order valence-corrected chi connectivity index (χ3v) is 3.67. The first-order chi connectivity index (χ1) is 7.13. The van der Waals surface area contributed by atoms with Crippen molar-refractivity contribution in [1.29, 1.82) is 0 Å². The lowest BCUT2D eigenvalue weighted by molar-refractivity contribution is 0.408. The van der Waals surface area contributed by atoms with Crippen molar-refractivity contribution in [3.63, 3.8) is 0 Å². The normalized spacial score (nSPS) is 25.1. The van der Waals surface area contributed by atoms with Gasteiger partial charge in [-0.15, -0.1) is 0 Å². The zero-order valence-electron chi connectivity index (χ0n) is 10.2. The Morgan fingerprint density at radius 3 is 2.73 bits per heavy atom. The van der Waals surface area contributed by atoms with Crippen LogP contribution in [0.5, 0.6) is 0 Å². The van der Waals surface area contributed by atoms with Crippen molar-refractivity contribution in [3.8, 4) is 0 Å². The molecule has 0 bridgehead atoms. The molecule has 1 aromatic rings. The van der Waals surface area contributed by atoms with Crippen LogP contribution in [0.4, 0.5) is 0 Å². The molecular weight excluding hydrogens is 182 g/mol. The lowest BCUT2D eigenvalue weighted by atomic mass is 9.81. The number of rotatable bonds is 1. The summed E-state index contributed by atoms with van der Waals surface area (Å²) in [7, 11) is 0. The molecule has 1 N–H and O–H groups in total. The van der Waals surface area contributed by atoms with Gasteiger partial charge in [-0.2, -0.15) is 0 Å². The predicted molar refractivity (Wildman–Crippen MR) is 65.2 cm³/mol. The van der Waals surface area contributed by atoms with Crippen LogP contribution in [0.15, 0.2) is 12.1 Å². The topological polar surface area (TPSA) is 12.0 Å². The Morgan fingerprint density at radius 2 is 2.07 bits per heavy atom. The third kappa shape index (κ3) is 1.81. The van der Waals surface area contributed by atoms with Gasteiger partial charge in [0.2, 0.25) is 0 Å². The molecule has 1 aliphatic heterocycles. The van der Waals surface area contributed by atoms with E-state index < -0.39 is 0 Å². The van der Waals surface area contributed by atoms with Gasteiger partial charge in [-0.1, -0.05) is 31.5 Å². The summed E-state index contributed by atoms with van der Waals surface area (Å²) in [5.74, 6) is 0.652. The summed E-state index contributed by atoms with van der Waals surface area (Å²) in [5.41, 5.74) is 5.95. The van der Waals surface area contributed by atoms with Crippen LogP contribution in [0, 0.1) is 13.8 Å². The molecule has 1 aromatic carbocycles. The van der Waals surface area contributed by atoms with E-state index in [0.29, 0.717) is 12.0 Å². The van der Waals surface area contributed by atoms with E-state index in [9.17, 15) is 0 Å². The molecule has 0 spiro atoms. The van der Waals surface area contributed by atoms with Crippen molar-refractivity contribution in [3.05, 3.63) is 34.4 Å².